The van der Waals surface area contributed by atoms with E-state index in [2.05, 4.69) is 0 Å². The topological polar surface area (TPSA) is 99.5 Å². The van der Waals surface area contributed by atoms with Gasteiger partial charge in [-0.05, 0) is 20.3 Å². The Labute approximate surface area is 125 Å². The van der Waals surface area contributed by atoms with Crippen LogP contribution in [-0.4, -0.2) is 64.3 Å². The summed E-state index contributed by atoms with van der Waals surface area (Å²) >= 11 is 0. The zero-order valence-corrected chi connectivity index (χ0v) is 12.8. The first-order valence-electron chi connectivity index (χ1n) is 7.62. The summed E-state index contributed by atoms with van der Waals surface area (Å²) < 4.78 is 11.1. The highest BCUT2D eigenvalue weighted by atomic mass is 16.6. The Hall–Kier alpha value is -0.530. The Morgan fingerprint density at radius 3 is 2.48 bits per heavy atom. The number of Topliss-reactive ketones (excluding diaryl/α,β-unsaturated/α-hetero) is 1. The third-order valence-electron chi connectivity index (χ3n) is 4.66. The van der Waals surface area contributed by atoms with Gasteiger partial charge in [0.25, 0.3) is 0 Å². The van der Waals surface area contributed by atoms with E-state index in [0.717, 1.165) is 0 Å². The molecule has 3 N–H and O–H groups in total. The third kappa shape index (κ3) is 4.02. The van der Waals surface area contributed by atoms with Crippen LogP contribution in [0.25, 0.3) is 0 Å². The van der Waals surface area contributed by atoms with E-state index in [4.69, 9.17) is 9.47 Å². The van der Waals surface area contributed by atoms with Crippen molar-refractivity contribution in [3.05, 3.63) is 0 Å². The molecular formula is C15H26O6. The van der Waals surface area contributed by atoms with Crippen molar-refractivity contribution >= 4 is 5.78 Å². The molecule has 2 aliphatic rings. The smallest absolute Gasteiger partial charge is 0.132 e. The fourth-order valence-electron chi connectivity index (χ4n) is 3.00. The van der Waals surface area contributed by atoms with Gasteiger partial charge in [-0.25, -0.2) is 0 Å². The van der Waals surface area contributed by atoms with Gasteiger partial charge in [0.15, 0.2) is 0 Å². The molecule has 122 valence electrons. The van der Waals surface area contributed by atoms with Crippen molar-refractivity contribution in [2.45, 2.75) is 70.2 Å². The number of ether oxygens (including phenoxy) is 2. The van der Waals surface area contributed by atoms with Crippen LogP contribution in [0.3, 0.4) is 0 Å². The summed E-state index contributed by atoms with van der Waals surface area (Å²) in [5.74, 6) is -0.229. The standard InChI is InChI=1S/C15H26O6/c1-7(16)4-11-14(19)13(18)10(6-20-11)5-12-15(21-12)8(2)9(3)17/h8-15,17-19H,4-6H2,1-3H3. The number of ketones is 1. The predicted octanol–water partition coefficient (Wildman–Crippen LogP) is -0.123. The minimum Gasteiger partial charge on any atom is -0.393 e. The second-order valence-electron chi connectivity index (χ2n) is 6.49. The average Bonchev–Trinajstić information content (AvgIpc) is 3.16. The zero-order chi connectivity index (χ0) is 15.7. The first-order valence-corrected chi connectivity index (χ1v) is 7.62. The molecule has 0 spiro atoms. The van der Waals surface area contributed by atoms with Crippen LogP contribution in [-0.2, 0) is 14.3 Å². The fourth-order valence-corrected chi connectivity index (χ4v) is 3.00. The molecule has 2 aliphatic heterocycles. The summed E-state index contributed by atoms with van der Waals surface area (Å²) in [5.41, 5.74) is 0. The molecule has 0 aromatic carbocycles. The zero-order valence-electron chi connectivity index (χ0n) is 12.8. The molecule has 2 fully saturated rings. The van der Waals surface area contributed by atoms with Crippen LogP contribution in [0.2, 0.25) is 0 Å². The molecule has 21 heavy (non-hydrogen) atoms. The monoisotopic (exact) mass is 302 g/mol. The molecular weight excluding hydrogens is 276 g/mol. The van der Waals surface area contributed by atoms with Crippen LogP contribution in [0.15, 0.2) is 0 Å². The molecule has 0 bridgehead atoms. The van der Waals surface area contributed by atoms with Crippen LogP contribution >= 0.6 is 0 Å². The lowest BCUT2D eigenvalue weighted by atomic mass is 9.86. The minimum atomic E-state index is -1.04. The van der Waals surface area contributed by atoms with Crippen molar-refractivity contribution in [3.63, 3.8) is 0 Å². The van der Waals surface area contributed by atoms with Crippen LogP contribution < -0.4 is 0 Å². The third-order valence-corrected chi connectivity index (χ3v) is 4.66. The summed E-state index contributed by atoms with van der Waals surface area (Å²) in [5, 5.41) is 29.8. The largest absolute Gasteiger partial charge is 0.393 e. The maximum Gasteiger partial charge on any atom is 0.132 e. The van der Waals surface area contributed by atoms with Crippen LogP contribution in [0.4, 0.5) is 0 Å². The van der Waals surface area contributed by atoms with Gasteiger partial charge >= 0.3 is 0 Å². The van der Waals surface area contributed by atoms with Crippen molar-refractivity contribution < 1.29 is 29.6 Å². The number of aliphatic hydroxyl groups excluding tert-OH is 3. The van der Waals surface area contributed by atoms with Gasteiger partial charge in [0.1, 0.15) is 11.9 Å². The Kier molecular flexibility index (Phi) is 5.38. The average molecular weight is 302 g/mol. The minimum absolute atomic E-state index is 0.00397. The Bertz CT molecular complexity index is 371. The van der Waals surface area contributed by atoms with Gasteiger partial charge in [-0.3, -0.25) is 4.79 Å². The molecule has 0 aromatic heterocycles. The van der Waals surface area contributed by atoms with Crippen molar-refractivity contribution in [3.8, 4) is 0 Å². The number of aliphatic hydroxyl groups is 3. The van der Waals surface area contributed by atoms with Crippen LogP contribution in [0.1, 0.15) is 33.6 Å². The molecule has 6 nitrogen and oxygen atoms in total. The van der Waals surface area contributed by atoms with Crippen LogP contribution in [0, 0.1) is 11.8 Å². The maximum absolute atomic E-state index is 11.1. The van der Waals surface area contributed by atoms with Gasteiger partial charge in [0.05, 0.1) is 37.1 Å². The van der Waals surface area contributed by atoms with Crippen LogP contribution in [0.5, 0.6) is 0 Å². The Morgan fingerprint density at radius 2 is 1.90 bits per heavy atom. The number of hydrogen-bond donors (Lipinski definition) is 3. The summed E-state index contributed by atoms with van der Waals surface area (Å²) in [6.07, 6.45) is -2.30. The molecule has 2 heterocycles. The van der Waals surface area contributed by atoms with E-state index >= 15 is 0 Å². The quantitative estimate of drug-likeness (QED) is 0.591. The number of epoxide rings is 1. The molecule has 0 radical (unpaired) electrons. The first kappa shape index (κ1) is 16.8. The Morgan fingerprint density at radius 1 is 1.24 bits per heavy atom. The summed E-state index contributed by atoms with van der Waals surface area (Å²) in [7, 11) is 0. The molecule has 0 saturated carbocycles. The number of carbonyl (C=O) groups is 1. The molecule has 2 saturated heterocycles. The molecule has 0 amide bonds. The second-order valence-corrected chi connectivity index (χ2v) is 6.49. The van der Waals surface area contributed by atoms with Gasteiger partial charge in [0.2, 0.25) is 0 Å². The first-order chi connectivity index (χ1) is 9.81. The second kappa shape index (κ2) is 6.71. The van der Waals surface area contributed by atoms with Gasteiger partial charge in [0, 0.05) is 18.3 Å². The van der Waals surface area contributed by atoms with E-state index < -0.39 is 24.4 Å². The lowest BCUT2D eigenvalue weighted by Crippen LogP contribution is -2.51. The predicted molar refractivity (Wildman–Crippen MR) is 74.7 cm³/mol. The van der Waals surface area contributed by atoms with Crippen molar-refractivity contribution in [1.82, 2.24) is 0 Å². The maximum atomic E-state index is 11.1. The van der Waals surface area contributed by atoms with Gasteiger partial charge in [-0.1, -0.05) is 6.92 Å². The number of carbonyl (C=O) groups excluding carboxylic acids is 1. The Balaban J connectivity index is 1.83. The summed E-state index contributed by atoms with van der Waals surface area (Å²) in [6, 6.07) is 0. The van der Waals surface area contributed by atoms with E-state index in [9.17, 15) is 20.1 Å². The summed E-state index contributed by atoms with van der Waals surface area (Å²) in [6.45, 7) is 5.42. The van der Waals surface area contributed by atoms with E-state index in [1.165, 1.54) is 6.92 Å². The highest BCUT2D eigenvalue weighted by molar-refractivity contribution is 5.76. The molecule has 0 aromatic rings. The van der Waals surface area contributed by atoms with E-state index in [0.29, 0.717) is 13.0 Å². The van der Waals surface area contributed by atoms with E-state index in [1.807, 2.05) is 6.92 Å². The number of hydrogen-bond acceptors (Lipinski definition) is 6. The van der Waals surface area contributed by atoms with Gasteiger partial charge in [-0.2, -0.15) is 0 Å². The normalized spacial score (nSPS) is 42.4. The van der Waals surface area contributed by atoms with Crippen molar-refractivity contribution in [2.24, 2.45) is 11.8 Å². The fraction of sp³-hybridized carbons (Fsp3) is 0.933. The van der Waals surface area contributed by atoms with E-state index in [-0.39, 0.29) is 36.2 Å². The number of rotatable bonds is 6. The molecule has 8 unspecified atom stereocenters. The van der Waals surface area contributed by atoms with E-state index in [1.54, 1.807) is 6.92 Å². The lowest BCUT2D eigenvalue weighted by Gasteiger charge is -2.37. The van der Waals surface area contributed by atoms with Crippen molar-refractivity contribution in [1.29, 1.82) is 0 Å². The van der Waals surface area contributed by atoms with Gasteiger partial charge < -0.3 is 24.8 Å². The molecule has 0 aliphatic carbocycles. The van der Waals surface area contributed by atoms with Gasteiger partial charge in [-0.15, -0.1) is 0 Å². The lowest BCUT2D eigenvalue weighted by molar-refractivity contribution is -0.170. The molecule has 2 rings (SSSR count). The highest BCUT2D eigenvalue weighted by Crippen LogP contribution is 2.38. The molecule has 6 heteroatoms. The highest BCUT2D eigenvalue weighted by Gasteiger charge is 2.48. The summed E-state index contributed by atoms with van der Waals surface area (Å²) in [4.78, 5) is 11.1. The van der Waals surface area contributed by atoms with Crippen molar-refractivity contribution in [2.75, 3.05) is 6.61 Å². The molecule has 8 atom stereocenters. The SMILES string of the molecule is CC(=O)CC1OCC(CC2OC2C(C)C(C)O)C(O)C1O.